The maximum absolute atomic E-state index is 12.5. The Morgan fingerprint density at radius 3 is 2.68 bits per heavy atom. The van der Waals surface area contributed by atoms with Crippen LogP contribution in [-0.2, 0) is 9.59 Å². The molecule has 0 spiro atoms. The van der Waals surface area contributed by atoms with Crippen LogP contribution >= 0.6 is 0 Å². The molecule has 0 bridgehead atoms. The molecule has 2 atom stereocenters. The molecule has 19 heavy (non-hydrogen) atoms. The van der Waals surface area contributed by atoms with Crippen molar-refractivity contribution >= 4 is 11.8 Å². The Bertz CT molecular complexity index is 422. The van der Waals surface area contributed by atoms with Crippen molar-refractivity contribution < 1.29 is 9.59 Å². The summed E-state index contributed by atoms with van der Waals surface area (Å²) in [5.41, 5.74) is 0. The third-order valence-electron chi connectivity index (χ3n) is 4.48. The monoisotopic (exact) mass is 261 g/mol. The van der Waals surface area contributed by atoms with E-state index in [1.54, 1.807) is 6.08 Å². The number of carbonyl (C=O) groups is 2. The smallest absolute Gasteiger partial charge is 0.287 e. The van der Waals surface area contributed by atoms with Crippen LogP contribution in [0.5, 0.6) is 0 Å². The fourth-order valence-corrected chi connectivity index (χ4v) is 3.56. The van der Waals surface area contributed by atoms with E-state index >= 15 is 0 Å². The fraction of sp³-hybridized carbons (Fsp3) is 0.714. The SMILES string of the molecule is O=C1C=CC(C(=O)N2CCCC2C2CCCC2)N=N1. The summed E-state index contributed by atoms with van der Waals surface area (Å²) >= 11 is 0. The number of nitrogens with zero attached hydrogens (tertiary/aromatic N) is 3. The number of carbonyl (C=O) groups excluding carboxylic acids is 2. The fourth-order valence-electron chi connectivity index (χ4n) is 3.56. The molecule has 2 fully saturated rings. The van der Waals surface area contributed by atoms with E-state index < -0.39 is 6.04 Å². The molecule has 0 N–H and O–H groups in total. The minimum Gasteiger partial charge on any atom is -0.337 e. The molecular formula is C14H19N3O2. The first-order chi connectivity index (χ1) is 9.25. The molecule has 0 aromatic rings. The van der Waals surface area contributed by atoms with Gasteiger partial charge in [0.05, 0.1) is 0 Å². The molecule has 1 saturated heterocycles. The molecular weight excluding hydrogens is 242 g/mol. The van der Waals surface area contributed by atoms with Crippen molar-refractivity contribution in [2.24, 2.45) is 16.1 Å². The van der Waals surface area contributed by atoms with Gasteiger partial charge in [0, 0.05) is 18.7 Å². The van der Waals surface area contributed by atoms with Gasteiger partial charge in [0.25, 0.3) is 11.8 Å². The predicted octanol–water partition coefficient (Wildman–Crippen LogP) is 2.08. The molecule has 2 amide bonds. The molecule has 2 heterocycles. The van der Waals surface area contributed by atoms with Crippen molar-refractivity contribution in [3.63, 3.8) is 0 Å². The van der Waals surface area contributed by atoms with Crippen molar-refractivity contribution in [1.82, 2.24) is 4.90 Å². The Labute approximate surface area is 112 Å². The van der Waals surface area contributed by atoms with Crippen LogP contribution in [0.4, 0.5) is 0 Å². The minimum absolute atomic E-state index is 0.0156. The van der Waals surface area contributed by atoms with E-state index in [0.717, 1.165) is 19.4 Å². The lowest BCUT2D eigenvalue weighted by Crippen LogP contribution is -2.44. The molecule has 3 rings (SSSR count). The van der Waals surface area contributed by atoms with Gasteiger partial charge in [-0.15, -0.1) is 5.11 Å². The van der Waals surface area contributed by atoms with E-state index in [1.807, 2.05) is 4.90 Å². The lowest BCUT2D eigenvalue weighted by atomic mass is 9.95. The highest BCUT2D eigenvalue weighted by Gasteiger charge is 2.38. The Morgan fingerprint density at radius 1 is 1.21 bits per heavy atom. The standard InChI is InChI=1S/C14H19N3O2/c18-13-8-7-11(15-16-13)14(19)17-9-3-6-12(17)10-4-1-2-5-10/h7-8,10-12H,1-6,9H2. The second-order valence-electron chi connectivity index (χ2n) is 5.64. The van der Waals surface area contributed by atoms with E-state index in [0.29, 0.717) is 12.0 Å². The van der Waals surface area contributed by atoms with Gasteiger partial charge >= 0.3 is 0 Å². The number of azo groups is 1. The normalized spacial score (nSPS) is 31.4. The third-order valence-corrected chi connectivity index (χ3v) is 4.48. The molecule has 5 heteroatoms. The summed E-state index contributed by atoms with van der Waals surface area (Å²) < 4.78 is 0. The Hall–Kier alpha value is -1.52. The van der Waals surface area contributed by atoms with Crippen LogP contribution in [0, 0.1) is 5.92 Å². The van der Waals surface area contributed by atoms with Crippen LogP contribution in [-0.4, -0.2) is 35.3 Å². The Morgan fingerprint density at radius 2 is 2.00 bits per heavy atom. The molecule has 102 valence electrons. The Kier molecular flexibility index (Phi) is 3.44. The van der Waals surface area contributed by atoms with Gasteiger partial charge in [-0.25, -0.2) is 0 Å². The van der Waals surface area contributed by atoms with Crippen LogP contribution in [0.3, 0.4) is 0 Å². The highest BCUT2D eigenvalue weighted by Crippen LogP contribution is 2.35. The zero-order chi connectivity index (χ0) is 13.2. The number of hydrogen-bond donors (Lipinski definition) is 0. The van der Waals surface area contributed by atoms with Gasteiger partial charge in [-0.2, -0.15) is 5.11 Å². The molecule has 1 aliphatic carbocycles. The van der Waals surface area contributed by atoms with E-state index in [-0.39, 0.29) is 11.8 Å². The topological polar surface area (TPSA) is 62.1 Å². The first-order valence-electron chi connectivity index (χ1n) is 7.19. The maximum atomic E-state index is 12.5. The average Bonchev–Trinajstić information content (AvgIpc) is 3.09. The van der Waals surface area contributed by atoms with Crippen molar-refractivity contribution in [2.75, 3.05) is 6.54 Å². The molecule has 5 nitrogen and oxygen atoms in total. The van der Waals surface area contributed by atoms with Crippen LogP contribution < -0.4 is 0 Å². The first kappa shape index (κ1) is 12.5. The summed E-state index contributed by atoms with van der Waals surface area (Å²) in [5, 5.41) is 7.29. The van der Waals surface area contributed by atoms with Crippen LogP contribution in [0.15, 0.2) is 22.4 Å². The lowest BCUT2D eigenvalue weighted by Gasteiger charge is -2.30. The van der Waals surface area contributed by atoms with Crippen molar-refractivity contribution in [3.8, 4) is 0 Å². The molecule has 0 aromatic heterocycles. The summed E-state index contributed by atoms with van der Waals surface area (Å²) in [6.45, 7) is 0.827. The quantitative estimate of drug-likeness (QED) is 0.764. The first-order valence-corrected chi connectivity index (χ1v) is 7.19. The number of likely N-dealkylation sites (tertiary alicyclic amines) is 1. The average molecular weight is 261 g/mol. The molecule has 1 saturated carbocycles. The van der Waals surface area contributed by atoms with E-state index in [2.05, 4.69) is 10.2 Å². The second-order valence-corrected chi connectivity index (χ2v) is 5.64. The predicted molar refractivity (Wildman–Crippen MR) is 69.5 cm³/mol. The zero-order valence-corrected chi connectivity index (χ0v) is 11.0. The van der Waals surface area contributed by atoms with Gasteiger partial charge in [-0.05, 0) is 37.7 Å². The van der Waals surface area contributed by atoms with Crippen molar-refractivity contribution in [2.45, 2.75) is 50.6 Å². The summed E-state index contributed by atoms with van der Waals surface area (Å²) in [6.07, 6.45) is 10.2. The summed E-state index contributed by atoms with van der Waals surface area (Å²) in [6, 6.07) is -0.198. The van der Waals surface area contributed by atoms with Gasteiger partial charge in [0.15, 0.2) is 6.04 Å². The van der Waals surface area contributed by atoms with E-state index in [9.17, 15) is 9.59 Å². The molecule has 3 aliphatic rings. The summed E-state index contributed by atoms with van der Waals surface area (Å²) in [7, 11) is 0. The van der Waals surface area contributed by atoms with E-state index in [1.165, 1.54) is 31.8 Å². The zero-order valence-electron chi connectivity index (χ0n) is 11.0. The van der Waals surface area contributed by atoms with Crippen molar-refractivity contribution in [3.05, 3.63) is 12.2 Å². The summed E-state index contributed by atoms with van der Waals surface area (Å²) in [5.74, 6) is 0.303. The van der Waals surface area contributed by atoms with Gasteiger partial charge in [0.1, 0.15) is 0 Å². The van der Waals surface area contributed by atoms with Gasteiger partial charge < -0.3 is 4.90 Å². The highest BCUT2D eigenvalue weighted by molar-refractivity contribution is 5.92. The maximum Gasteiger partial charge on any atom is 0.287 e. The molecule has 0 aromatic carbocycles. The Balaban J connectivity index is 1.70. The highest BCUT2D eigenvalue weighted by atomic mass is 16.2. The molecule has 0 radical (unpaired) electrons. The van der Waals surface area contributed by atoms with Crippen LogP contribution in [0.1, 0.15) is 38.5 Å². The summed E-state index contributed by atoms with van der Waals surface area (Å²) in [4.78, 5) is 25.4. The number of hydrogen-bond acceptors (Lipinski definition) is 3. The van der Waals surface area contributed by atoms with E-state index in [4.69, 9.17) is 0 Å². The van der Waals surface area contributed by atoms with Crippen LogP contribution in [0.2, 0.25) is 0 Å². The van der Waals surface area contributed by atoms with Crippen molar-refractivity contribution in [1.29, 1.82) is 0 Å². The molecule has 2 aliphatic heterocycles. The van der Waals surface area contributed by atoms with Gasteiger partial charge in [-0.1, -0.05) is 12.8 Å². The largest absolute Gasteiger partial charge is 0.337 e. The second kappa shape index (κ2) is 5.23. The number of rotatable bonds is 2. The minimum atomic E-state index is -0.584. The molecule has 2 unspecified atom stereocenters. The van der Waals surface area contributed by atoms with Gasteiger partial charge in [0.2, 0.25) is 0 Å². The van der Waals surface area contributed by atoms with Gasteiger partial charge in [-0.3, -0.25) is 9.59 Å². The number of amides is 2. The lowest BCUT2D eigenvalue weighted by molar-refractivity contribution is -0.133. The van der Waals surface area contributed by atoms with Crippen LogP contribution in [0.25, 0.3) is 0 Å². The third kappa shape index (κ3) is 2.46.